The summed E-state index contributed by atoms with van der Waals surface area (Å²) in [5.74, 6) is 1.28. The highest BCUT2D eigenvalue weighted by Crippen LogP contribution is 2.23. The Kier molecular flexibility index (Phi) is 5.89. The van der Waals surface area contributed by atoms with Crippen molar-refractivity contribution < 1.29 is 9.84 Å². The number of para-hydroxylation sites is 1. The number of aromatic nitrogens is 4. The first kappa shape index (κ1) is 20.2. The molecule has 0 unspecified atom stereocenters. The zero-order valence-electron chi connectivity index (χ0n) is 17.1. The van der Waals surface area contributed by atoms with Crippen molar-refractivity contribution in [1.82, 2.24) is 19.1 Å². The molecule has 1 fully saturated rings. The smallest absolute Gasteiger partial charge is 0.329 e. The predicted octanol–water partition coefficient (Wildman–Crippen LogP) is 1.24. The molecule has 0 spiro atoms. The third kappa shape index (κ3) is 4.11. The van der Waals surface area contributed by atoms with E-state index in [-0.39, 0.29) is 18.7 Å². The molecule has 1 saturated heterocycles. The number of aliphatic hydroxyl groups is 1. The van der Waals surface area contributed by atoms with Gasteiger partial charge < -0.3 is 19.3 Å². The number of imidazole rings is 1. The van der Waals surface area contributed by atoms with Crippen LogP contribution in [0.3, 0.4) is 0 Å². The number of nitrogens with zero attached hydrogens (tertiary/aromatic N) is 4. The van der Waals surface area contributed by atoms with Gasteiger partial charge in [0.1, 0.15) is 18.5 Å². The minimum absolute atomic E-state index is 0.0762. The van der Waals surface area contributed by atoms with Crippen LogP contribution in [0.5, 0.6) is 5.75 Å². The molecule has 30 heavy (non-hydrogen) atoms. The van der Waals surface area contributed by atoms with Gasteiger partial charge in [-0.25, -0.2) is 4.79 Å². The van der Waals surface area contributed by atoms with E-state index < -0.39 is 17.4 Å². The van der Waals surface area contributed by atoms with Crippen LogP contribution in [0.25, 0.3) is 11.2 Å². The van der Waals surface area contributed by atoms with Crippen molar-refractivity contribution in [3.05, 3.63) is 51.2 Å². The minimum atomic E-state index is -0.857. The normalized spacial score (nSPS) is 15.9. The summed E-state index contributed by atoms with van der Waals surface area (Å²) in [4.78, 5) is 33.8. The monoisotopic (exact) mass is 413 g/mol. The summed E-state index contributed by atoms with van der Waals surface area (Å²) < 4.78 is 8.72. The van der Waals surface area contributed by atoms with Crippen molar-refractivity contribution in [1.29, 1.82) is 0 Å². The molecular weight excluding hydrogens is 386 g/mol. The summed E-state index contributed by atoms with van der Waals surface area (Å²) in [6, 6.07) is 9.26. The van der Waals surface area contributed by atoms with Crippen molar-refractivity contribution in [2.75, 3.05) is 24.6 Å². The number of aliphatic hydroxyl groups excluding tert-OH is 1. The fourth-order valence-electron chi connectivity index (χ4n) is 3.88. The molecule has 2 N–H and O–H groups in total. The molecule has 0 amide bonds. The number of anilines is 1. The number of hydrogen-bond acceptors (Lipinski definition) is 6. The summed E-state index contributed by atoms with van der Waals surface area (Å²) in [7, 11) is 1.58. The van der Waals surface area contributed by atoms with Gasteiger partial charge in [-0.1, -0.05) is 31.0 Å². The molecule has 3 heterocycles. The number of fused-ring (bicyclic) bond motifs is 1. The topological polar surface area (TPSA) is 105 Å². The van der Waals surface area contributed by atoms with E-state index in [4.69, 9.17) is 4.74 Å². The lowest BCUT2D eigenvalue weighted by atomic mass is 10.2. The first-order chi connectivity index (χ1) is 14.5. The highest BCUT2D eigenvalue weighted by molar-refractivity contribution is 5.74. The molecule has 9 nitrogen and oxygen atoms in total. The fourth-order valence-corrected chi connectivity index (χ4v) is 3.88. The van der Waals surface area contributed by atoms with E-state index >= 15 is 0 Å². The van der Waals surface area contributed by atoms with Gasteiger partial charge in [0.2, 0.25) is 5.95 Å². The quantitative estimate of drug-likeness (QED) is 0.630. The zero-order valence-corrected chi connectivity index (χ0v) is 17.1. The van der Waals surface area contributed by atoms with E-state index in [9.17, 15) is 14.7 Å². The average Bonchev–Trinajstić information content (AvgIpc) is 2.92. The van der Waals surface area contributed by atoms with Crippen LogP contribution >= 0.6 is 0 Å². The van der Waals surface area contributed by atoms with Gasteiger partial charge in [-0.15, -0.1) is 0 Å². The Bertz CT molecular complexity index is 1110. The standard InChI is InChI=1S/C21H27N5O4/c1-24-18-17(19(28)23-21(24)29)26(20(22-18)25-11-7-2-3-8-12-25)13-15(27)14-30-16-9-5-4-6-10-16/h4-6,9-10,15,27H,2-3,7-8,11-14H2,1H3,(H,23,28,29)/t15-/m1/s1. The maximum Gasteiger partial charge on any atom is 0.329 e. The second-order valence-corrected chi connectivity index (χ2v) is 7.69. The number of rotatable bonds is 6. The lowest BCUT2D eigenvalue weighted by molar-refractivity contribution is 0.0936. The molecule has 3 aromatic rings. The molecule has 9 heteroatoms. The third-order valence-electron chi connectivity index (χ3n) is 5.45. The van der Waals surface area contributed by atoms with Gasteiger partial charge in [0.25, 0.3) is 5.56 Å². The molecule has 1 atom stereocenters. The summed E-state index contributed by atoms with van der Waals surface area (Å²) in [6.07, 6.45) is 3.54. The lowest BCUT2D eigenvalue weighted by Gasteiger charge is -2.23. The molecule has 160 valence electrons. The van der Waals surface area contributed by atoms with Gasteiger partial charge in [-0.05, 0) is 25.0 Å². The van der Waals surface area contributed by atoms with Crippen molar-refractivity contribution in [2.24, 2.45) is 7.05 Å². The Morgan fingerprint density at radius 1 is 1.13 bits per heavy atom. The molecule has 1 aromatic carbocycles. The van der Waals surface area contributed by atoms with Gasteiger partial charge in [-0.3, -0.25) is 14.3 Å². The third-order valence-corrected chi connectivity index (χ3v) is 5.45. The van der Waals surface area contributed by atoms with Crippen LogP contribution in [-0.4, -0.2) is 50.0 Å². The first-order valence-corrected chi connectivity index (χ1v) is 10.3. The SMILES string of the molecule is Cn1c(=O)[nH]c(=O)c2c1nc(N1CCCCCC1)n2C[C@@H](O)COc1ccccc1. The molecule has 4 rings (SSSR count). The minimum Gasteiger partial charge on any atom is -0.491 e. The molecule has 2 aromatic heterocycles. The highest BCUT2D eigenvalue weighted by atomic mass is 16.5. The van der Waals surface area contributed by atoms with E-state index in [1.165, 1.54) is 4.57 Å². The van der Waals surface area contributed by atoms with Crippen LogP contribution in [0.4, 0.5) is 5.95 Å². The maximum absolute atomic E-state index is 12.6. The van der Waals surface area contributed by atoms with E-state index in [1.807, 2.05) is 30.3 Å². The number of aromatic amines is 1. The number of ether oxygens (including phenoxy) is 1. The van der Waals surface area contributed by atoms with E-state index in [0.717, 1.165) is 38.8 Å². The van der Waals surface area contributed by atoms with Crippen LogP contribution in [0.2, 0.25) is 0 Å². The zero-order chi connectivity index (χ0) is 21.1. The van der Waals surface area contributed by atoms with Gasteiger partial charge >= 0.3 is 5.69 Å². The number of benzene rings is 1. The molecule has 0 bridgehead atoms. The van der Waals surface area contributed by atoms with Crippen LogP contribution < -0.4 is 20.9 Å². The molecule has 1 aliphatic heterocycles. The van der Waals surface area contributed by atoms with Gasteiger partial charge in [0.15, 0.2) is 11.2 Å². The van der Waals surface area contributed by atoms with E-state index in [2.05, 4.69) is 14.9 Å². The second-order valence-electron chi connectivity index (χ2n) is 7.69. The van der Waals surface area contributed by atoms with E-state index in [0.29, 0.717) is 17.3 Å². The number of nitrogens with one attached hydrogen (secondary N) is 1. The van der Waals surface area contributed by atoms with Crippen molar-refractivity contribution in [3.63, 3.8) is 0 Å². The highest BCUT2D eigenvalue weighted by Gasteiger charge is 2.24. The fraction of sp³-hybridized carbons (Fsp3) is 0.476. The van der Waals surface area contributed by atoms with Gasteiger partial charge in [0, 0.05) is 20.1 Å². The summed E-state index contributed by atoms with van der Waals surface area (Å²) in [5, 5.41) is 10.7. The summed E-state index contributed by atoms with van der Waals surface area (Å²) >= 11 is 0. The van der Waals surface area contributed by atoms with Crippen LogP contribution in [0, 0.1) is 0 Å². The number of aryl methyl sites for hydroxylation is 1. The molecule has 1 aliphatic rings. The lowest BCUT2D eigenvalue weighted by Crippen LogP contribution is -2.32. The van der Waals surface area contributed by atoms with Crippen molar-refractivity contribution >= 4 is 17.1 Å². The number of H-pyrrole nitrogens is 1. The molecular formula is C21H27N5O4. The molecule has 0 saturated carbocycles. The Morgan fingerprint density at radius 3 is 2.53 bits per heavy atom. The largest absolute Gasteiger partial charge is 0.491 e. The molecule has 0 radical (unpaired) electrons. The Hall–Kier alpha value is -3.07. The number of hydrogen-bond donors (Lipinski definition) is 2. The Balaban J connectivity index is 1.68. The maximum atomic E-state index is 12.6. The van der Waals surface area contributed by atoms with Crippen molar-refractivity contribution in [2.45, 2.75) is 38.3 Å². The van der Waals surface area contributed by atoms with Crippen molar-refractivity contribution in [3.8, 4) is 5.75 Å². The predicted molar refractivity (Wildman–Crippen MR) is 114 cm³/mol. The van der Waals surface area contributed by atoms with Crippen LogP contribution in [0.1, 0.15) is 25.7 Å². The van der Waals surface area contributed by atoms with E-state index in [1.54, 1.807) is 11.6 Å². The van der Waals surface area contributed by atoms with Crippen LogP contribution in [0.15, 0.2) is 39.9 Å². The Labute approximate surface area is 173 Å². The second kappa shape index (κ2) is 8.74. The van der Waals surface area contributed by atoms with Crippen LogP contribution in [-0.2, 0) is 13.6 Å². The summed E-state index contributed by atoms with van der Waals surface area (Å²) in [5.41, 5.74) is -0.403. The first-order valence-electron chi connectivity index (χ1n) is 10.3. The van der Waals surface area contributed by atoms with Gasteiger partial charge in [0.05, 0.1) is 6.54 Å². The molecule has 0 aliphatic carbocycles. The van der Waals surface area contributed by atoms with Gasteiger partial charge in [-0.2, -0.15) is 4.98 Å². The average molecular weight is 413 g/mol. The summed E-state index contributed by atoms with van der Waals surface area (Å²) in [6.45, 7) is 1.86. The Morgan fingerprint density at radius 2 is 1.83 bits per heavy atom.